The summed E-state index contributed by atoms with van der Waals surface area (Å²) in [5.74, 6) is 0. The Morgan fingerprint density at radius 3 is 2.42 bits per heavy atom. The van der Waals surface area contributed by atoms with E-state index in [1.54, 1.807) is 0 Å². The Balaban J connectivity index is 2.20. The zero-order valence-electron chi connectivity index (χ0n) is 8.47. The van der Waals surface area contributed by atoms with Crippen LogP contribution in [0.2, 0.25) is 0 Å². The van der Waals surface area contributed by atoms with Crippen LogP contribution in [0.1, 0.15) is 32.6 Å². The molecule has 2 nitrogen and oxygen atoms in total. The van der Waals surface area contributed by atoms with Crippen molar-refractivity contribution in [1.82, 2.24) is 4.90 Å². The predicted molar refractivity (Wildman–Crippen MR) is 53.1 cm³/mol. The van der Waals surface area contributed by atoms with Crippen molar-refractivity contribution < 1.29 is 0 Å². The first kappa shape index (κ1) is 10.0. The van der Waals surface area contributed by atoms with Gasteiger partial charge in [0.05, 0.1) is 0 Å². The molecule has 1 rings (SSSR count). The van der Waals surface area contributed by atoms with Gasteiger partial charge in [-0.05, 0) is 51.4 Å². The minimum atomic E-state index is 0.531. The predicted octanol–water partition coefficient (Wildman–Crippen LogP) is 1.46. The lowest BCUT2D eigenvalue weighted by atomic mass is 9.67. The molecule has 12 heavy (non-hydrogen) atoms. The molecule has 1 saturated carbocycles. The van der Waals surface area contributed by atoms with Gasteiger partial charge in [-0.3, -0.25) is 0 Å². The van der Waals surface area contributed by atoms with E-state index in [-0.39, 0.29) is 0 Å². The van der Waals surface area contributed by atoms with Gasteiger partial charge in [-0.25, -0.2) is 0 Å². The van der Waals surface area contributed by atoms with Crippen molar-refractivity contribution in [3.8, 4) is 0 Å². The monoisotopic (exact) mass is 170 g/mol. The normalized spacial score (nSPS) is 21.0. The Morgan fingerprint density at radius 2 is 2.08 bits per heavy atom. The number of nitrogens with two attached hydrogens (primary N) is 1. The van der Waals surface area contributed by atoms with Gasteiger partial charge >= 0.3 is 0 Å². The van der Waals surface area contributed by atoms with E-state index in [0.29, 0.717) is 5.41 Å². The number of hydrogen-bond acceptors (Lipinski definition) is 2. The van der Waals surface area contributed by atoms with E-state index in [1.165, 1.54) is 32.2 Å². The van der Waals surface area contributed by atoms with E-state index in [4.69, 9.17) is 5.73 Å². The van der Waals surface area contributed by atoms with Crippen LogP contribution in [0.4, 0.5) is 0 Å². The summed E-state index contributed by atoms with van der Waals surface area (Å²) >= 11 is 0. The summed E-state index contributed by atoms with van der Waals surface area (Å²) in [6.07, 6.45) is 5.42. The minimum absolute atomic E-state index is 0.531. The summed E-state index contributed by atoms with van der Waals surface area (Å²) in [4.78, 5) is 2.37. The van der Waals surface area contributed by atoms with Gasteiger partial charge in [0.2, 0.25) is 0 Å². The van der Waals surface area contributed by atoms with Crippen molar-refractivity contribution in [3.63, 3.8) is 0 Å². The number of hydrogen-bond donors (Lipinski definition) is 1. The van der Waals surface area contributed by atoms with E-state index >= 15 is 0 Å². The summed E-state index contributed by atoms with van der Waals surface area (Å²) < 4.78 is 0. The SMILES string of the molecule is CCN(C)CCC1(CN)CCC1. The van der Waals surface area contributed by atoms with Crippen LogP contribution in [0.5, 0.6) is 0 Å². The van der Waals surface area contributed by atoms with Gasteiger partial charge in [0.25, 0.3) is 0 Å². The van der Waals surface area contributed by atoms with E-state index in [9.17, 15) is 0 Å². The van der Waals surface area contributed by atoms with E-state index in [2.05, 4.69) is 18.9 Å². The molecule has 1 fully saturated rings. The average molecular weight is 170 g/mol. The first-order chi connectivity index (χ1) is 5.72. The van der Waals surface area contributed by atoms with Crippen molar-refractivity contribution in [3.05, 3.63) is 0 Å². The van der Waals surface area contributed by atoms with Gasteiger partial charge in [0.15, 0.2) is 0 Å². The zero-order valence-corrected chi connectivity index (χ0v) is 8.47. The van der Waals surface area contributed by atoms with Gasteiger partial charge in [0.1, 0.15) is 0 Å². The third kappa shape index (κ3) is 2.20. The summed E-state index contributed by atoms with van der Waals surface area (Å²) in [6, 6.07) is 0. The fourth-order valence-electron chi connectivity index (χ4n) is 1.82. The van der Waals surface area contributed by atoms with Crippen LogP contribution in [0.25, 0.3) is 0 Å². The average Bonchev–Trinajstić information content (AvgIpc) is 2.03. The largest absolute Gasteiger partial charge is 0.330 e. The molecule has 0 aromatic heterocycles. The van der Waals surface area contributed by atoms with Gasteiger partial charge in [-0.2, -0.15) is 0 Å². The third-order valence-electron chi connectivity index (χ3n) is 3.41. The highest BCUT2D eigenvalue weighted by molar-refractivity contribution is 4.88. The lowest BCUT2D eigenvalue weighted by Crippen LogP contribution is -2.39. The first-order valence-electron chi connectivity index (χ1n) is 5.11. The molecule has 72 valence electrons. The van der Waals surface area contributed by atoms with Gasteiger partial charge in [0, 0.05) is 0 Å². The van der Waals surface area contributed by atoms with Crippen LogP contribution in [-0.2, 0) is 0 Å². The highest BCUT2D eigenvalue weighted by Gasteiger charge is 2.34. The Morgan fingerprint density at radius 1 is 1.42 bits per heavy atom. The van der Waals surface area contributed by atoms with Crippen LogP contribution in [-0.4, -0.2) is 31.6 Å². The molecule has 0 heterocycles. The van der Waals surface area contributed by atoms with Crippen molar-refractivity contribution in [2.24, 2.45) is 11.1 Å². The molecule has 1 aliphatic carbocycles. The van der Waals surface area contributed by atoms with E-state index in [1.807, 2.05) is 0 Å². The van der Waals surface area contributed by atoms with E-state index < -0.39 is 0 Å². The van der Waals surface area contributed by atoms with Crippen LogP contribution < -0.4 is 5.73 Å². The molecule has 0 bridgehead atoms. The Labute approximate surface area is 76.1 Å². The molecule has 1 aliphatic rings. The van der Waals surface area contributed by atoms with Crippen molar-refractivity contribution in [2.75, 3.05) is 26.7 Å². The van der Waals surface area contributed by atoms with Crippen molar-refractivity contribution >= 4 is 0 Å². The van der Waals surface area contributed by atoms with Crippen LogP contribution >= 0.6 is 0 Å². The maximum absolute atomic E-state index is 5.78. The molecule has 0 atom stereocenters. The first-order valence-corrected chi connectivity index (χ1v) is 5.11. The smallest absolute Gasteiger partial charge is 0.00161 e. The highest BCUT2D eigenvalue weighted by atomic mass is 15.1. The molecule has 0 aliphatic heterocycles. The topological polar surface area (TPSA) is 29.3 Å². The molecule has 2 N–H and O–H groups in total. The lowest BCUT2D eigenvalue weighted by molar-refractivity contribution is 0.113. The van der Waals surface area contributed by atoms with Crippen molar-refractivity contribution in [1.29, 1.82) is 0 Å². The van der Waals surface area contributed by atoms with E-state index in [0.717, 1.165) is 13.1 Å². The molecule has 0 radical (unpaired) electrons. The maximum Gasteiger partial charge on any atom is -0.00161 e. The standard InChI is InChI=1S/C10H22N2/c1-3-12(2)8-7-10(9-11)5-4-6-10/h3-9,11H2,1-2H3. The summed E-state index contributed by atoms with van der Waals surface area (Å²) in [5.41, 5.74) is 6.31. The Hall–Kier alpha value is -0.0800. The van der Waals surface area contributed by atoms with Crippen LogP contribution in [0.3, 0.4) is 0 Å². The molecule has 2 heteroatoms. The Kier molecular flexibility index (Phi) is 3.53. The van der Waals surface area contributed by atoms with Gasteiger partial charge in [-0.1, -0.05) is 13.3 Å². The lowest BCUT2D eigenvalue weighted by Gasteiger charge is -2.42. The van der Waals surface area contributed by atoms with Gasteiger partial charge in [-0.15, -0.1) is 0 Å². The molecule has 0 aromatic rings. The highest BCUT2D eigenvalue weighted by Crippen LogP contribution is 2.42. The molecular weight excluding hydrogens is 148 g/mol. The second-order valence-corrected chi connectivity index (χ2v) is 4.20. The maximum atomic E-state index is 5.78. The Bertz CT molecular complexity index is 124. The fraction of sp³-hybridized carbons (Fsp3) is 1.00. The zero-order chi connectivity index (χ0) is 9.03. The second-order valence-electron chi connectivity index (χ2n) is 4.20. The molecule has 0 saturated heterocycles. The minimum Gasteiger partial charge on any atom is -0.330 e. The summed E-state index contributed by atoms with van der Waals surface area (Å²) in [7, 11) is 2.18. The molecule has 0 aromatic carbocycles. The quantitative estimate of drug-likeness (QED) is 0.677. The molecule has 0 amide bonds. The van der Waals surface area contributed by atoms with Crippen LogP contribution in [0.15, 0.2) is 0 Å². The van der Waals surface area contributed by atoms with Gasteiger partial charge < -0.3 is 10.6 Å². The number of rotatable bonds is 5. The van der Waals surface area contributed by atoms with Crippen molar-refractivity contribution in [2.45, 2.75) is 32.6 Å². The molecular formula is C10H22N2. The molecule has 0 unspecified atom stereocenters. The third-order valence-corrected chi connectivity index (χ3v) is 3.41. The second kappa shape index (κ2) is 4.24. The molecule has 0 spiro atoms. The summed E-state index contributed by atoms with van der Waals surface area (Å²) in [5, 5.41) is 0. The fourth-order valence-corrected chi connectivity index (χ4v) is 1.82. The van der Waals surface area contributed by atoms with Crippen LogP contribution in [0, 0.1) is 5.41 Å². The summed E-state index contributed by atoms with van der Waals surface area (Å²) in [6.45, 7) is 5.47. The number of nitrogens with zero attached hydrogens (tertiary/aromatic N) is 1.